The average Bonchev–Trinajstić information content (AvgIpc) is 2.13. The van der Waals surface area contributed by atoms with E-state index in [4.69, 9.17) is 10.7 Å². The predicted molar refractivity (Wildman–Crippen MR) is 63.2 cm³/mol. The highest BCUT2D eigenvalue weighted by Gasteiger charge is 2.34. The number of alkyl halides is 3. The molecule has 0 amide bonds. The summed E-state index contributed by atoms with van der Waals surface area (Å²) in [4.78, 5) is 2.89. The highest BCUT2D eigenvalue weighted by molar-refractivity contribution is 14.1. The Morgan fingerprint density at radius 1 is 1.44 bits per heavy atom. The number of aromatic nitrogens is 1. The Balaban J connectivity index is 3.37. The molecule has 0 bridgehead atoms. The van der Waals surface area contributed by atoms with Crippen molar-refractivity contribution in [1.82, 2.24) is 4.98 Å². The molecule has 0 radical (unpaired) electrons. The van der Waals surface area contributed by atoms with E-state index in [0.29, 0.717) is 0 Å². The molecule has 18 heavy (non-hydrogen) atoms. The average molecular weight is 418 g/mol. The van der Waals surface area contributed by atoms with Gasteiger partial charge in [0.05, 0.1) is 7.11 Å². The molecule has 11 heteroatoms. The number of methoxy groups -OCH3 is 1. The summed E-state index contributed by atoms with van der Waals surface area (Å²) in [6.45, 7) is 0. The maximum Gasteiger partial charge on any atom is 0.574 e. The molecule has 0 aliphatic carbocycles. The van der Waals surface area contributed by atoms with Gasteiger partial charge in [0.15, 0.2) is 5.75 Å². The number of ether oxygens (including phenoxy) is 2. The molecule has 1 rings (SSSR count). The van der Waals surface area contributed by atoms with Crippen LogP contribution >= 0.6 is 33.3 Å². The third-order valence-corrected chi connectivity index (χ3v) is 4.09. The second-order valence-corrected chi connectivity index (χ2v) is 6.33. The lowest BCUT2D eigenvalue weighted by Crippen LogP contribution is -2.19. The van der Waals surface area contributed by atoms with Gasteiger partial charge in [0.25, 0.3) is 14.9 Å². The summed E-state index contributed by atoms with van der Waals surface area (Å²) in [6.07, 6.45) is -4.97. The molecule has 102 valence electrons. The van der Waals surface area contributed by atoms with Crippen LogP contribution in [0.3, 0.4) is 0 Å². The first-order chi connectivity index (χ1) is 8.04. The predicted octanol–water partition coefficient (Wildman–Crippen LogP) is 2.52. The fraction of sp³-hybridized carbons (Fsp3) is 0.286. The van der Waals surface area contributed by atoms with Gasteiger partial charge in [-0.2, -0.15) is 0 Å². The summed E-state index contributed by atoms with van der Waals surface area (Å²) in [5.74, 6) is -1.38. The van der Waals surface area contributed by atoms with Gasteiger partial charge in [-0.3, -0.25) is 0 Å². The molecule has 0 fully saturated rings. The standard InChI is InChI=1S/C7H4ClF3INO4S/c1-16-3-2-4(18(8,14)15)5(12)13-6(3)17-7(9,10)11/h2H,1H3. The van der Waals surface area contributed by atoms with E-state index in [9.17, 15) is 21.6 Å². The van der Waals surface area contributed by atoms with Crippen LogP contribution in [0.4, 0.5) is 13.2 Å². The molecule has 0 saturated heterocycles. The van der Waals surface area contributed by atoms with Crippen LogP contribution in [0.15, 0.2) is 11.0 Å². The van der Waals surface area contributed by atoms with Crippen molar-refractivity contribution in [3.05, 3.63) is 9.77 Å². The van der Waals surface area contributed by atoms with Crippen LogP contribution in [-0.2, 0) is 9.05 Å². The van der Waals surface area contributed by atoms with E-state index >= 15 is 0 Å². The van der Waals surface area contributed by atoms with Gasteiger partial charge in [-0.05, 0) is 22.6 Å². The van der Waals surface area contributed by atoms with Crippen molar-refractivity contribution in [2.45, 2.75) is 11.3 Å². The molecule has 0 aliphatic rings. The lowest BCUT2D eigenvalue weighted by Gasteiger charge is -2.12. The topological polar surface area (TPSA) is 65.5 Å². The smallest absolute Gasteiger partial charge is 0.491 e. The first-order valence-corrected chi connectivity index (χ1v) is 7.38. The molecule has 5 nitrogen and oxygen atoms in total. The molecule has 0 unspecified atom stereocenters. The zero-order valence-corrected chi connectivity index (χ0v) is 12.2. The zero-order valence-electron chi connectivity index (χ0n) is 8.46. The van der Waals surface area contributed by atoms with E-state index < -0.39 is 31.9 Å². The van der Waals surface area contributed by atoms with Gasteiger partial charge in [0, 0.05) is 16.7 Å². The Hall–Kier alpha value is -0.490. The van der Waals surface area contributed by atoms with Gasteiger partial charge in [-0.15, -0.1) is 13.2 Å². The largest absolute Gasteiger partial charge is 0.574 e. The van der Waals surface area contributed by atoms with Crippen molar-refractivity contribution >= 4 is 42.3 Å². The van der Waals surface area contributed by atoms with Crippen molar-refractivity contribution in [3.63, 3.8) is 0 Å². The van der Waals surface area contributed by atoms with Crippen molar-refractivity contribution in [3.8, 4) is 11.6 Å². The molecule has 1 aromatic rings. The SMILES string of the molecule is COc1cc(S(=O)(=O)Cl)c(I)nc1OC(F)(F)F. The summed E-state index contributed by atoms with van der Waals surface area (Å²) >= 11 is 1.42. The molecule has 0 aromatic carbocycles. The number of nitrogens with zero attached hydrogens (tertiary/aromatic N) is 1. The lowest BCUT2D eigenvalue weighted by atomic mass is 10.4. The van der Waals surface area contributed by atoms with Crippen molar-refractivity contribution in [2.24, 2.45) is 0 Å². The Bertz CT molecular complexity index is 563. The van der Waals surface area contributed by atoms with Crippen LogP contribution in [0.25, 0.3) is 0 Å². The summed E-state index contributed by atoms with van der Waals surface area (Å²) < 4.78 is 66.3. The van der Waals surface area contributed by atoms with E-state index in [1.807, 2.05) is 0 Å². The third-order valence-electron chi connectivity index (χ3n) is 1.57. The monoisotopic (exact) mass is 417 g/mol. The lowest BCUT2D eigenvalue weighted by molar-refractivity contribution is -0.276. The quantitative estimate of drug-likeness (QED) is 0.430. The van der Waals surface area contributed by atoms with Gasteiger partial charge in [0.1, 0.15) is 8.60 Å². The van der Waals surface area contributed by atoms with E-state index in [1.54, 1.807) is 0 Å². The minimum Gasteiger partial charge on any atom is -0.491 e. The van der Waals surface area contributed by atoms with Crippen LogP contribution in [0.5, 0.6) is 11.6 Å². The highest BCUT2D eigenvalue weighted by atomic mass is 127. The fourth-order valence-corrected chi connectivity index (χ4v) is 3.42. The summed E-state index contributed by atoms with van der Waals surface area (Å²) in [5, 5.41) is 0. The number of rotatable bonds is 3. The van der Waals surface area contributed by atoms with Crippen molar-refractivity contribution in [2.75, 3.05) is 7.11 Å². The number of halogens is 5. The van der Waals surface area contributed by atoms with Gasteiger partial charge < -0.3 is 9.47 Å². The highest BCUT2D eigenvalue weighted by Crippen LogP contribution is 2.34. The molecule has 1 heterocycles. The zero-order chi connectivity index (χ0) is 14.1. The number of pyridine rings is 1. The maximum atomic E-state index is 12.1. The molecule has 0 N–H and O–H groups in total. The summed E-state index contributed by atoms with van der Waals surface area (Å²) in [6, 6.07) is 0.804. The second-order valence-electron chi connectivity index (χ2n) is 2.77. The summed E-state index contributed by atoms with van der Waals surface area (Å²) in [5.41, 5.74) is 0. The van der Waals surface area contributed by atoms with Crippen LogP contribution in [-0.4, -0.2) is 26.9 Å². The number of hydrogen-bond donors (Lipinski definition) is 0. The molecule has 0 aliphatic heterocycles. The molecule has 0 atom stereocenters. The Morgan fingerprint density at radius 3 is 2.39 bits per heavy atom. The minimum absolute atomic E-state index is 0.261. The fourth-order valence-electron chi connectivity index (χ4n) is 0.940. The van der Waals surface area contributed by atoms with Gasteiger partial charge in [0.2, 0.25) is 0 Å². The normalized spacial score (nSPS) is 12.3. The van der Waals surface area contributed by atoms with Crippen molar-refractivity contribution in [1.29, 1.82) is 0 Å². The number of hydrogen-bond acceptors (Lipinski definition) is 5. The van der Waals surface area contributed by atoms with Crippen molar-refractivity contribution < 1.29 is 31.1 Å². The van der Waals surface area contributed by atoms with E-state index in [0.717, 1.165) is 13.2 Å². The van der Waals surface area contributed by atoms with Crippen LogP contribution in [0.2, 0.25) is 0 Å². The Kier molecular flexibility index (Phi) is 4.54. The molecule has 1 aromatic heterocycles. The minimum atomic E-state index is -4.97. The first kappa shape index (κ1) is 15.6. The molecular weight excluding hydrogens is 413 g/mol. The Labute approximate surface area is 118 Å². The molecule has 0 saturated carbocycles. The summed E-state index contributed by atoms with van der Waals surface area (Å²) in [7, 11) is 1.99. The first-order valence-electron chi connectivity index (χ1n) is 3.99. The van der Waals surface area contributed by atoms with E-state index in [2.05, 4.69) is 14.5 Å². The van der Waals surface area contributed by atoms with Gasteiger partial charge >= 0.3 is 6.36 Å². The third kappa shape index (κ3) is 4.02. The van der Waals surface area contributed by atoms with Gasteiger partial charge in [-0.25, -0.2) is 13.4 Å². The van der Waals surface area contributed by atoms with E-state index in [1.165, 1.54) is 22.6 Å². The van der Waals surface area contributed by atoms with E-state index in [-0.39, 0.29) is 3.70 Å². The van der Waals surface area contributed by atoms with Crippen LogP contribution < -0.4 is 9.47 Å². The van der Waals surface area contributed by atoms with Crippen LogP contribution in [0.1, 0.15) is 0 Å². The van der Waals surface area contributed by atoms with Crippen LogP contribution in [0, 0.1) is 3.70 Å². The maximum absolute atomic E-state index is 12.1. The Morgan fingerprint density at radius 2 is 2.00 bits per heavy atom. The second kappa shape index (κ2) is 5.25. The van der Waals surface area contributed by atoms with Gasteiger partial charge in [-0.1, -0.05) is 0 Å². The molecule has 0 spiro atoms. The molecular formula is C7H4ClF3INO4S.